The number of benzene rings is 2. The number of hydrogen-bond acceptors (Lipinski definition) is 8. The highest BCUT2D eigenvalue weighted by atomic mass is 16.5. The van der Waals surface area contributed by atoms with E-state index in [2.05, 4.69) is 25.9 Å². The number of ketones is 1. The molecule has 1 saturated heterocycles. The van der Waals surface area contributed by atoms with Crippen LogP contribution in [0.25, 0.3) is 22.3 Å². The van der Waals surface area contributed by atoms with Gasteiger partial charge in [-0.2, -0.15) is 5.10 Å². The number of rotatable bonds is 8. The largest absolute Gasteiger partial charge is 0.497 e. The molecule has 186 valence electrons. The molecule has 9 nitrogen and oxygen atoms in total. The Kier molecular flexibility index (Phi) is 6.81. The number of fused-ring (bicyclic) bond motifs is 1. The Morgan fingerprint density at radius 1 is 1.00 bits per heavy atom. The molecule has 0 spiro atoms. The fourth-order valence-electron chi connectivity index (χ4n) is 4.56. The molecular weight excluding hydrogens is 456 g/mol. The number of piperidine rings is 1. The van der Waals surface area contributed by atoms with E-state index in [-0.39, 0.29) is 0 Å². The number of likely N-dealkylation sites (tertiary alicyclic amines) is 1. The zero-order valence-corrected chi connectivity index (χ0v) is 20.8. The van der Waals surface area contributed by atoms with Gasteiger partial charge in [-0.05, 0) is 31.2 Å². The smallest absolute Gasteiger partial charge is 0.146 e. The predicted molar refractivity (Wildman–Crippen MR) is 139 cm³/mol. The lowest BCUT2D eigenvalue weighted by Gasteiger charge is -2.31. The van der Waals surface area contributed by atoms with E-state index in [1.54, 1.807) is 31.3 Å². The summed E-state index contributed by atoms with van der Waals surface area (Å²) in [5.74, 6) is 1.73. The Bertz CT molecular complexity index is 1360. The number of hydrogen-bond donors (Lipinski definition) is 0. The van der Waals surface area contributed by atoms with Gasteiger partial charge in [-0.25, -0.2) is 4.98 Å². The Morgan fingerprint density at radius 2 is 1.81 bits per heavy atom. The fourth-order valence-corrected chi connectivity index (χ4v) is 4.56. The molecule has 3 heterocycles. The second-order valence-corrected chi connectivity index (χ2v) is 8.97. The van der Waals surface area contributed by atoms with Gasteiger partial charge in [-0.1, -0.05) is 0 Å². The molecule has 1 aliphatic rings. The van der Waals surface area contributed by atoms with Gasteiger partial charge in [0.2, 0.25) is 0 Å². The minimum atomic E-state index is 0.305. The number of carbonyl (C=O) groups is 1. The molecule has 0 unspecified atom stereocenters. The second kappa shape index (κ2) is 10.3. The average molecular weight is 487 g/mol. The molecule has 1 aliphatic heterocycles. The zero-order chi connectivity index (χ0) is 25.1. The van der Waals surface area contributed by atoms with Crippen molar-refractivity contribution in [3.8, 4) is 22.8 Å². The molecule has 4 aromatic rings. The summed E-state index contributed by atoms with van der Waals surface area (Å²) in [7, 11) is 5.17. The maximum absolute atomic E-state index is 12.0. The van der Waals surface area contributed by atoms with E-state index >= 15 is 0 Å². The van der Waals surface area contributed by atoms with Gasteiger partial charge in [0.25, 0.3) is 0 Å². The van der Waals surface area contributed by atoms with E-state index < -0.39 is 0 Å². The molecule has 5 rings (SSSR count). The van der Waals surface area contributed by atoms with Crippen molar-refractivity contribution in [2.45, 2.75) is 12.8 Å². The van der Waals surface area contributed by atoms with Gasteiger partial charge < -0.3 is 14.4 Å². The summed E-state index contributed by atoms with van der Waals surface area (Å²) in [5.41, 5.74) is 5.21. The Hall–Kier alpha value is -3.98. The van der Waals surface area contributed by atoms with E-state index in [0.29, 0.717) is 36.8 Å². The third-order valence-electron chi connectivity index (χ3n) is 6.46. The number of carbonyl (C=O) groups excluding carboxylic acids is 1. The van der Waals surface area contributed by atoms with Crippen LogP contribution >= 0.6 is 0 Å². The zero-order valence-electron chi connectivity index (χ0n) is 20.8. The lowest BCUT2D eigenvalue weighted by molar-refractivity contribution is -0.122. The van der Waals surface area contributed by atoms with E-state index in [1.165, 1.54) is 0 Å². The van der Waals surface area contributed by atoms with Crippen LogP contribution in [0.1, 0.15) is 12.8 Å². The molecule has 0 amide bonds. The summed E-state index contributed by atoms with van der Waals surface area (Å²) in [6.45, 7) is 2.88. The van der Waals surface area contributed by atoms with Gasteiger partial charge in [0.15, 0.2) is 0 Å². The van der Waals surface area contributed by atoms with Crippen LogP contribution in [0.4, 0.5) is 11.4 Å². The number of Topliss-reactive ketones (excluding diaryl/α,β-unsaturated/α-hetero) is 1. The van der Waals surface area contributed by atoms with Crippen LogP contribution in [-0.4, -0.2) is 70.8 Å². The third-order valence-corrected chi connectivity index (χ3v) is 6.46. The summed E-state index contributed by atoms with van der Waals surface area (Å²) < 4.78 is 12.8. The SMILES string of the molecule is COc1cc(OC)cc(N(CCN2CCCC(=O)C2)c2ccc3ncc(-c4cnn(C)c4)nc3c2)c1. The topological polar surface area (TPSA) is 85.6 Å². The summed E-state index contributed by atoms with van der Waals surface area (Å²) in [6, 6.07) is 11.9. The highest BCUT2D eigenvalue weighted by molar-refractivity contribution is 5.83. The minimum Gasteiger partial charge on any atom is -0.497 e. The summed E-state index contributed by atoms with van der Waals surface area (Å²) in [6.07, 6.45) is 7.07. The van der Waals surface area contributed by atoms with Crippen LogP contribution < -0.4 is 14.4 Å². The van der Waals surface area contributed by atoms with Crippen molar-refractivity contribution in [2.24, 2.45) is 7.05 Å². The van der Waals surface area contributed by atoms with Gasteiger partial charge in [0.1, 0.15) is 17.3 Å². The van der Waals surface area contributed by atoms with Crippen LogP contribution in [0, 0.1) is 0 Å². The quantitative estimate of drug-likeness (QED) is 0.371. The van der Waals surface area contributed by atoms with Crippen molar-refractivity contribution in [2.75, 3.05) is 45.3 Å². The standard InChI is InChI=1S/C27H30N6O3/c1-31-17-19(15-29-31)27-16-28-25-7-6-20(13-26(25)30-27)33(10-9-32-8-4-5-22(34)18-32)21-11-23(35-2)14-24(12-21)36-3/h6-7,11-17H,4-5,8-10,18H2,1-3H3. The Labute approximate surface area is 210 Å². The van der Waals surface area contributed by atoms with Crippen LogP contribution in [0.15, 0.2) is 55.0 Å². The van der Waals surface area contributed by atoms with Crippen LogP contribution in [0.5, 0.6) is 11.5 Å². The molecule has 0 bridgehead atoms. The lowest BCUT2D eigenvalue weighted by Crippen LogP contribution is -2.40. The van der Waals surface area contributed by atoms with Gasteiger partial charge in [-0.3, -0.25) is 19.4 Å². The normalized spacial score (nSPS) is 14.2. The third kappa shape index (κ3) is 5.16. The van der Waals surface area contributed by atoms with Crippen LogP contribution in [0.3, 0.4) is 0 Å². The Balaban J connectivity index is 1.53. The van der Waals surface area contributed by atoms with Crippen molar-refractivity contribution in [1.82, 2.24) is 24.6 Å². The first-order chi connectivity index (χ1) is 17.5. The highest BCUT2D eigenvalue weighted by Gasteiger charge is 2.20. The fraction of sp³-hybridized carbons (Fsp3) is 0.333. The van der Waals surface area contributed by atoms with Crippen LogP contribution in [0.2, 0.25) is 0 Å². The number of anilines is 2. The maximum Gasteiger partial charge on any atom is 0.146 e. The summed E-state index contributed by atoms with van der Waals surface area (Å²) >= 11 is 0. The first-order valence-electron chi connectivity index (χ1n) is 12.0. The van der Waals surface area contributed by atoms with Crippen molar-refractivity contribution in [3.63, 3.8) is 0 Å². The molecule has 36 heavy (non-hydrogen) atoms. The number of ether oxygens (including phenoxy) is 2. The van der Waals surface area contributed by atoms with E-state index in [0.717, 1.165) is 53.2 Å². The van der Waals surface area contributed by atoms with Gasteiger partial charge in [0, 0.05) is 67.9 Å². The molecular formula is C27H30N6O3. The predicted octanol–water partition coefficient (Wildman–Crippen LogP) is 3.85. The van der Waals surface area contributed by atoms with Gasteiger partial charge >= 0.3 is 0 Å². The highest BCUT2D eigenvalue weighted by Crippen LogP contribution is 2.34. The number of methoxy groups -OCH3 is 2. The Morgan fingerprint density at radius 3 is 2.50 bits per heavy atom. The van der Waals surface area contributed by atoms with Gasteiger partial charge in [0.05, 0.1) is 49.9 Å². The number of nitrogens with zero attached hydrogens (tertiary/aromatic N) is 6. The summed E-state index contributed by atoms with van der Waals surface area (Å²) in [5, 5.41) is 4.25. The second-order valence-electron chi connectivity index (χ2n) is 8.97. The van der Waals surface area contributed by atoms with E-state index in [9.17, 15) is 4.79 Å². The molecule has 0 radical (unpaired) electrons. The first-order valence-corrected chi connectivity index (χ1v) is 12.0. The van der Waals surface area contributed by atoms with E-state index in [1.807, 2.05) is 43.6 Å². The monoisotopic (exact) mass is 486 g/mol. The first kappa shape index (κ1) is 23.7. The van der Waals surface area contributed by atoms with Gasteiger partial charge in [-0.15, -0.1) is 0 Å². The molecule has 0 atom stereocenters. The molecule has 2 aromatic heterocycles. The van der Waals surface area contributed by atoms with Crippen molar-refractivity contribution < 1.29 is 14.3 Å². The number of aromatic nitrogens is 4. The summed E-state index contributed by atoms with van der Waals surface area (Å²) in [4.78, 5) is 25.9. The lowest BCUT2D eigenvalue weighted by atomic mass is 10.1. The molecule has 0 aliphatic carbocycles. The molecule has 9 heteroatoms. The molecule has 2 aromatic carbocycles. The van der Waals surface area contributed by atoms with Crippen LogP contribution in [-0.2, 0) is 11.8 Å². The minimum absolute atomic E-state index is 0.305. The maximum atomic E-state index is 12.0. The molecule has 0 saturated carbocycles. The number of aryl methyl sites for hydroxylation is 1. The molecule has 0 N–H and O–H groups in total. The van der Waals surface area contributed by atoms with Crippen molar-refractivity contribution in [3.05, 3.63) is 55.0 Å². The van der Waals surface area contributed by atoms with Crippen molar-refractivity contribution in [1.29, 1.82) is 0 Å². The van der Waals surface area contributed by atoms with E-state index in [4.69, 9.17) is 14.5 Å². The van der Waals surface area contributed by atoms with Crippen molar-refractivity contribution >= 4 is 28.2 Å². The molecule has 1 fully saturated rings. The average Bonchev–Trinajstić information content (AvgIpc) is 3.34.